The molecule has 0 amide bonds. The quantitative estimate of drug-likeness (QED) is 0.446. The number of ether oxygens (including phenoxy) is 1. The summed E-state index contributed by atoms with van der Waals surface area (Å²) in [5.74, 6) is -0.566. The predicted octanol–water partition coefficient (Wildman–Crippen LogP) is 5.04. The molecule has 0 bridgehead atoms. The maximum Gasteiger partial charge on any atom is 0.339 e. The second-order valence-corrected chi connectivity index (χ2v) is 7.16. The average Bonchev–Trinajstić information content (AvgIpc) is 2.96. The molecule has 1 heterocycles. The molecule has 0 spiro atoms. The number of thiophene rings is 1. The molecule has 0 aliphatic carbocycles. The molecular weight excluding hydrogens is 336 g/mol. The van der Waals surface area contributed by atoms with Crippen LogP contribution in [0, 0.1) is 0 Å². The summed E-state index contributed by atoms with van der Waals surface area (Å²) in [6, 6.07) is 6.42. The molecule has 5 heteroatoms. The third kappa shape index (κ3) is 4.57. The summed E-state index contributed by atoms with van der Waals surface area (Å²) in [6.45, 7) is 7.61. The second kappa shape index (κ2) is 8.12. The average molecular weight is 358 g/mol. The largest absolute Gasteiger partial charge is 0.507 e. The molecule has 0 radical (unpaired) electrons. The Labute approximate surface area is 151 Å². The molecule has 2 rings (SSSR count). The summed E-state index contributed by atoms with van der Waals surface area (Å²) in [6.07, 6.45) is 2.93. The molecule has 0 saturated carbocycles. The molecule has 0 fully saturated rings. The van der Waals surface area contributed by atoms with Crippen LogP contribution < -0.4 is 0 Å². The van der Waals surface area contributed by atoms with Crippen molar-refractivity contribution in [2.24, 2.45) is 0 Å². The van der Waals surface area contributed by atoms with Crippen LogP contribution in [0.3, 0.4) is 0 Å². The second-order valence-electron chi connectivity index (χ2n) is 6.25. The van der Waals surface area contributed by atoms with Crippen molar-refractivity contribution in [3.05, 3.63) is 57.3 Å². The Bertz CT molecular complexity index is 800. The van der Waals surface area contributed by atoms with Crippen LogP contribution in [0.4, 0.5) is 0 Å². The maximum atomic E-state index is 12.3. The molecule has 4 nitrogen and oxygen atoms in total. The van der Waals surface area contributed by atoms with Gasteiger partial charge in [-0.25, -0.2) is 4.79 Å². The van der Waals surface area contributed by atoms with Crippen molar-refractivity contribution in [3.8, 4) is 5.75 Å². The van der Waals surface area contributed by atoms with E-state index in [1.807, 2.05) is 27.7 Å². The van der Waals surface area contributed by atoms with Crippen molar-refractivity contribution in [1.82, 2.24) is 0 Å². The van der Waals surface area contributed by atoms with Gasteiger partial charge in [0.25, 0.3) is 0 Å². The first-order valence-electron chi connectivity index (χ1n) is 8.14. The smallest absolute Gasteiger partial charge is 0.339 e. The third-order valence-electron chi connectivity index (χ3n) is 3.55. The van der Waals surface area contributed by atoms with E-state index in [4.69, 9.17) is 4.74 Å². The van der Waals surface area contributed by atoms with Crippen molar-refractivity contribution in [2.45, 2.75) is 39.7 Å². The Balaban J connectivity index is 2.31. The summed E-state index contributed by atoms with van der Waals surface area (Å²) in [4.78, 5) is 25.4. The molecule has 0 saturated heterocycles. The van der Waals surface area contributed by atoms with Gasteiger partial charge in [-0.15, -0.1) is 11.3 Å². The van der Waals surface area contributed by atoms with E-state index in [9.17, 15) is 14.7 Å². The van der Waals surface area contributed by atoms with Gasteiger partial charge in [0.15, 0.2) is 5.78 Å². The number of phenolic OH excluding ortho intramolecular Hbond substituents is 1. The van der Waals surface area contributed by atoms with Crippen LogP contribution in [0.1, 0.15) is 64.8 Å². The molecule has 2 aromatic rings. The monoisotopic (exact) mass is 358 g/mol. The van der Waals surface area contributed by atoms with Crippen molar-refractivity contribution in [3.63, 3.8) is 0 Å². The molecule has 25 heavy (non-hydrogen) atoms. The van der Waals surface area contributed by atoms with Gasteiger partial charge in [0, 0.05) is 10.3 Å². The molecular formula is C20H22O4S. The van der Waals surface area contributed by atoms with Gasteiger partial charge in [-0.3, -0.25) is 4.79 Å². The fourth-order valence-corrected chi connectivity index (χ4v) is 3.55. The molecule has 0 aliphatic rings. The minimum atomic E-state index is -0.346. The number of carbonyl (C=O) groups is 2. The van der Waals surface area contributed by atoms with Gasteiger partial charge in [0.1, 0.15) is 5.75 Å². The highest BCUT2D eigenvalue weighted by Gasteiger charge is 2.21. The highest BCUT2D eigenvalue weighted by Crippen LogP contribution is 2.32. The van der Waals surface area contributed by atoms with Crippen molar-refractivity contribution in [2.75, 3.05) is 0 Å². The standard InChI is InChI=1S/C20H22O4S/c1-12(2)19-15(20(23)24-13(3)4)11-25-18(19)10-9-17(22)14-7-5-6-8-16(14)21/h5-13,21H,1-4H3. The Morgan fingerprint density at radius 2 is 1.80 bits per heavy atom. The lowest BCUT2D eigenvalue weighted by Crippen LogP contribution is -2.13. The zero-order chi connectivity index (χ0) is 18.6. The van der Waals surface area contributed by atoms with E-state index in [-0.39, 0.29) is 35.1 Å². The highest BCUT2D eigenvalue weighted by molar-refractivity contribution is 7.11. The SMILES string of the molecule is CC(C)OC(=O)c1csc(C=CC(=O)c2ccccc2O)c1C(C)C. The first kappa shape index (κ1) is 18.9. The molecule has 1 aromatic carbocycles. The molecule has 1 N–H and O–H groups in total. The zero-order valence-electron chi connectivity index (χ0n) is 14.8. The van der Waals surface area contributed by atoms with Crippen LogP contribution in [0.5, 0.6) is 5.75 Å². The van der Waals surface area contributed by atoms with Gasteiger partial charge in [0.05, 0.1) is 17.2 Å². The number of benzene rings is 1. The summed E-state index contributed by atoms with van der Waals surface area (Å²) in [7, 11) is 0. The van der Waals surface area contributed by atoms with Gasteiger partial charge in [-0.05, 0) is 49.6 Å². The summed E-state index contributed by atoms with van der Waals surface area (Å²) in [5, 5.41) is 11.5. The van der Waals surface area contributed by atoms with E-state index in [1.165, 1.54) is 23.5 Å². The number of rotatable bonds is 6. The van der Waals surface area contributed by atoms with Crippen LogP contribution in [0.2, 0.25) is 0 Å². The Morgan fingerprint density at radius 3 is 2.40 bits per heavy atom. The number of esters is 1. The van der Waals surface area contributed by atoms with Crippen LogP contribution >= 0.6 is 11.3 Å². The number of hydrogen-bond acceptors (Lipinski definition) is 5. The van der Waals surface area contributed by atoms with E-state index < -0.39 is 0 Å². The first-order valence-corrected chi connectivity index (χ1v) is 9.02. The summed E-state index contributed by atoms with van der Waals surface area (Å²) < 4.78 is 5.29. The number of ketones is 1. The van der Waals surface area contributed by atoms with Crippen LogP contribution in [0.15, 0.2) is 35.7 Å². The first-order chi connectivity index (χ1) is 11.8. The number of phenols is 1. The van der Waals surface area contributed by atoms with Crippen LogP contribution in [-0.2, 0) is 4.74 Å². The van der Waals surface area contributed by atoms with E-state index in [1.54, 1.807) is 29.7 Å². The molecule has 0 unspecified atom stereocenters. The van der Waals surface area contributed by atoms with Gasteiger partial charge in [-0.2, -0.15) is 0 Å². The number of allylic oxidation sites excluding steroid dienone is 1. The van der Waals surface area contributed by atoms with Crippen molar-refractivity contribution in [1.29, 1.82) is 0 Å². The van der Waals surface area contributed by atoms with E-state index >= 15 is 0 Å². The van der Waals surface area contributed by atoms with Gasteiger partial charge in [-0.1, -0.05) is 26.0 Å². The normalized spacial score (nSPS) is 11.4. The highest BCUT2D eigenvalue weighted by atomic mass is 32.1. The lowest BCUT2D eigenvalue weighted by Gasteiger charge is -2.11. The fraction of sp³-hybridized carbons (Fsp3) is 0.300. The van der Waals surface area contributed by atoms with E-state index in [2.05, 4.69) is 0 Å². The number of hydrogen-bond donors (Lipinski definition) is 1. The molecule has 0 atom stereocenters. The third-order valence-corrected chi connectivity index (χ3v) is 4.52. The minimum Gasteiger partial charge on any atom is -0.507 e. The molecule has 132 valence electrons. The molecule has 1 aromatic heterocycles. The van der Waals surface area contributed by atoms with Gasteiger partial charge in [0.2, 0.25) is 0 Å². The van der Waals surface area contributed by atoms with Crippen LogP contribution in [0.25, 0.3) is 6.08 Å². The van der Waals surface area contributed by atoms with E-state index in [0.29, 0.717) is 5.56 Å². The maximum absolute atomic E-state index is 12.3. The topological polar surface area (TPSA) is 63.6 Å². The lowest BCUT2D eigenvalue weighted by atomic mass is 9.98. The van der Waals surface area contributed by atoms with Crippen molar-refractivity contribution < 1.29 is 19.4 Å². The Morgan fingerprint density at radius 1 is 1.12 bits per heavy atom. The van der Waals surface area contributed by atoms with Gasteiger partial charge >= 0.3 is 5.97 Å². The summed E-state index contributed by atoms with van der Waals surface area (Å²) in [5.41, 5.74) is 1.67. The minimum absolute atomic E-state index is 0.0476. The zero-order valence-corrected chi connectivity index (χ0v) is 15.6. The predicted molar refractivity (Wildman–Crippen MR) is 100 cm³/mol. The number of para-hydroxylation sites is 1. The fourth-order valence-electron chi connectivity index (χ4n) is 2.47. The lowest BCUT2D eigenvalue weighted by molar-refractivity contribution is 0.0376. The van der Waals surface area contributed by atoms with Crippen molar-refractivity contribution >= 4 is 29.2 Å². The van der Waals surface area contributed by atoms with E-state index in [0.717, 1.165) is 10.4 Å². The Kier molecular flexibility index (Phi) is 6.15. The summed E-state index contributed by atoms with van der Waals surface area (Å²) >= 11 is 1.40. The number of aromatic hydroxyl groups is 1. The van der Waals surface area contributed by atoms with Crippen LogP contribution in [-0.4, -0.2) is 23.0 Å². The number of carbonyl (C=O) groups excluding carboxylic acids is 2. The van der Waals surface area contributed by atoms with Gasteiger partial charge < -0.3 is 9.84 Å². The molecule has 0 aliphatic heterocycles. The Hall–Kier alpha value is -2.40.